The minimum absolute atomic E-state index is 1.19. The molecular weight excluding hydrogens is 1010 g/mol. The van der Waals surface area contributed by atoms with E-state index < -0.39 is 0 Å². The Balaban J connectivity index is 1.09. The molecule has 0 atom stereocenters. The van der Waals surface area contributed by atoms with E-state index in [2.05, 4.69) is 315 Å². The first-order valence-electron chi connectivity index (χ1n) is 29.2. The second-order valence-corrected chi connectivity index (χ2v) is 22.6. The maximum Gasteiger partial charge on any atom is -0.00255 e. The van der Waals surface area contributed by atoms with Crippen molar-refractivity contribution in [1.82, 2.24) is 0 Å². The van der Waals surface area contributed by atoms with Gasteiger partial charge in [0.05, 0.1) is 0 Å². The molecule has 0 N–H and O–H groups in total. The molecule has 0 bridgehead atoms. The van der Waals surface area contributed by atoms with Gasteiger partial charge in [0, 0.05) is 0 Å². The van der Waals surface area contributed by atoms with E-state index in [9.17, 15) is 0 Å². The largest absolute Gasteiger partial charge is 0.0622 e. The van der Waals surface area contributed by atoms with Crippen molar-refractivity contribution in [3.05, 3.63) is 315 Å². The van der Waals surface area contributed by atoms with Crippen LogP contribution in [0.5, 0.6) is 0 Å². The lowest BCUT2D eigenvalue weighted by atomic mass is 9.80. The summed E-state index contributed by atoms with van der Waals surface area (Å²) in [7, 11) is 0. The Labute approximate surface area is 487 Å². The predicted octanol–water partition coefficient (Wildman–Crippen LogP) is 23.7. The van der Waals surface area contributed by atoms with Crippen LogP contribution in [-0.4, -0.2) is 0 Å². The molecule has 0 unspecified atom stereocenters. The third-order valence-electron chi connectivity index (χ3n) is 17.9. The van der Waals surface area contributed by atoms with E-state index in [4.69, 9.17) is 0 Å². The second kappa shape index (κ2) is 19.4. The van der Waals surface area contributed by atoms with Crippen molar-refractivity contribution < 1.29 is 0 Å². The van der Waals surface area contributed by atoms with Crippen molar-refractivity contribution in [2.24, 2.45) is 0 Å². The summed E-state index contributed by atoms with van der Waals surface area (Å²) in [5.41, 5.74) is 19.3. The molecule has 0 aliphatic rings. The number of hydrogen-bond acceptors (Lipinski definition) is 0. The van der Waals surface area contributed by atoms with Crippen LogP contribution in [0.25, 0.3) is 175 Å². The molecule has 17 rings (SSSR count). The first kappa shape index (κ1) is 47.8. The van der Waals surface area contributed by atoms with E-state index in [0.717, 1.165) is 0 Å². The summed E-state index contributed by atoms with van der Waals surface area (Å²) < 4.78 is 0. The van der Waals surface area contributed by atoms with Gasteiger partial charge < -0.3 is 0 Å². The van der Waals surface area contributed by atoms with E-state index in [0.29, 0.717) is 0 Å². The Kier molecular flexibility index (Phi) is 11.0. The Hall–Kier alpha value is -10.9. The van der Waals surface area contributed by atoms with Crippen LogP contribution >= 0.6 is 0 Å². The van der Waals surface area contributed by atoms with E-state index >= 15 is 0 Å². The maximum absolute atomic E-state index is 2.54. The lowest BCUT2D eigenvalue weighted by Gasteiger charge is -2.23. The SMILES string of the molecule is c1ccc(-c2ccc3ccccc3c2-c2cc3cc(-c4c(-c5ccccc5)ccc5ccccc45)cc4c5cc(-c6c(-c7ccccc7)ccc7ccccc67)cc6cc(-c7c(-c8ccccc8)ccc8ccccc78)cc(c(c2)c34)c65)cc1. The molecule has 0 radical (unpaired) electrons. The molecule has 0 heterocycles. The molecule has 0 aromatic heterocycles. The van der Waals surface area contributed by atoms with Gasteiger partial charge in [-0.2, -0.15) is 0 Å². The minimum Gasteiger partial charge on any atom is -0.0622 e. The fourth-order valence-electron chi connectivity index (χ4n) is 14.2. The molecule has 17 aromatic carbocycles. The molecule has 17 aromatic rings. The van der Waals surface area contributed by atoms with Crippen LogP contribution in [-0.2, 0) is 0 Å². The Bertz CT molecular complexity index is 4770. The van der Waals surface area contributed by atoms with E-state index in [1.165, 1.54) is 175 Å². The van der Waals surface area contributed by atoms with Gasteiger partial charge in [-0.1, -0.05) is 267 Å². The normalized spacial score (nSPS) is 11.8. The minimum atomic E-state index is 1.19. The number of fused-ring (bicyclic) bond motifs is 6. The maximum atomic E-state index is 2.54. The second-order valence-electron chi connectivity index (χ2n) is 22.6. The fraction of sp³-hybridized carbons (Fsp3) is 0. The third kappa shape index (κ3) is 7.69. The highest BCUT2D eigenvalue weighted by molar-refractivity contribution is 6.36. The van der Waals surface area contributed by atoms with Gasteiger partial charge in [0.2, 0.25) is 0 Å². The highest BCUT2D eigenvalue weighted by Gasteiger charge is 2.24. The van der Waals surface area contributed by atoms with Crippen LogP contribution in [0.3, 0.4) is 0 Å². The number of hydrogen-bond donors (Lipinski definition) is 0. The Morgan fingerprint density at radius 1 is 0.131 bits per heavy atom. The van der Waals surface area contributed by atoms with Crippen LogP contribution < -0.4 is 0 Å². The molecular formula is C84H52. The lowest BCUT2D eigenvalue weighted by molar-refractivity contribution is 1.61. The van der Waals surface area contributed by atoms with Crippen LogP contribution in [0.4, 0.5) is 0 Å². The molecule has 84 heavy (non-hydrogen) atoms. The highest BCUT2D eigenvalue weighted by Crippen LogP contribution is 2.52. The monoisotopic (exact) mass is 1060 g/mol. The Morgan fingerprint density at radius 3 is 0.583 bits per heavy atom. The van der Waals surface area contributed by atoms with Crippen molar-refractivity contribution in [3.8, 4) is 89.0 Å². The summed E-state index contributed by atoms with van der Waals surface area (Å²) in [6.45, 7) is 0. The number of rotatable bonds is 8. The number of benzene rings is 17. The zero-order valence-corrected chi connectivity index (χ0v) is 46.0. The summed E-state index contributed by atoms with van der Waals surface area (Å²) in [5.74, 6) is 0. The van der Waals surface area contributed by atoms with Gasteiger partial charge in [0.1, 0.15) is 0 Å². The van der Waals surface area contributed by atoms with E-state index in [-0.39, 0.29) is 0 Å². The topological polar surface area (TPSA) is 0 Å². The summed E-state index contributed by atoms with van der Waals surface area (Å²) in [6.07, 6.45) is 0. The molecule has 0 amide bonds. The van der Waals surface area contributed by atoms with E-state index in [1.54, 1.807) is 0 Å². The van der Waals surface area contributed by atoms with E-state index in [1.807, 2.05) is 0 Å². The first-order chi connectivity index (χ1) is 41.7. The molecule has 0 fully saturated rings. The molecule has 0 heteroatoms. The van der Waals surface area contributed by atoms with Crippen molar-refractivity contribution in [2.45, 2.75) is 0 Å². The summed E-state index contributed by atoms with van der Waals surface area (Å²) in [6, 6.07) is 118. The van der Waals surface area contributed by atoms with Crippen molar-refractivity contribution in [1.29, 1.82) is 0 Å². The van der Waals surface area contributed by atoms with Crippen LogP contribution in [0.2, 0.25) is 0 Å². The van der Waals surface area contributed by atoms with Gasteiger partial charge in [0.15, 0.2) is 0 Å². The van der Waals surface area contributed by atoms with Gasteiger partial charge in [-0.3, -0.25) is 0 Å². The summed E-state index contributed by atoms with van der Waals surface area (Å²) in [4.78, 5) is 0. The van der Waals surface area contributed by atoms with Gasteiger partial charge in [-0.25, -0.2) is 0 Å². The summed E-state index contributed by atoms with van der Waals surface area (Å²) in [5, 5.41) is 19.7. The predicted molar refractivity (Wildman–Crippen MR) is 361 cm³/mol. The van der Waals surface area contributed by atoms with Gasteiger partial charge >= 0.3 is 0 Å². The zero-order chi connectivity index (χ0) is 55.2. The molecule has 0 aliphatic heterocycles. The van der Waals surface area contributed by atoms with Crippen LogP contribution in [0.15, 0.2) is 315 Å². The third-order valence-corrected chi connectivity index (χ3v) is 17.9. The van der Waals surface area contributed by atoms with Gasteiger partial charge in [-0.15, -0.1) is 0 Å². The average Bonchev–Trinajstić information content (AvgIpc) is 1.61. The highest BCUT2D eigenvalue weighted by atomic mass is 14.3. The van der Waals surface area contributed by atoms with Crippen molar-refractivity contribution >= 4 is 86.2 Å². The van der Waals surface area contributed by atoms with Crippen LogP contribution in [0, 0.1) is 0 Å². The fourth-order valence-corrected chi connectivity index (χ4v) is 14.2. The molecule has 388 valence electrons. The molecule has 0 saturated heterocycles. The van der Waals surface area contributed by atoms with Crippen molar-refractivity contribution in [3.63, 3.8) is 0 Å². The average molecular weight is 1060 g/mol. The van der Waals surface area contributed by atoms with Crippen LogP contribution in [0.1, 0.15) is 0 Å². The quantitative estimate of drug-likeness (QED) is 0.105. The van der Waals surface area contributed by atoms with Gasteiger partial charge in [-0.05, 0) is 224 Å². The molecule has 0 spiro atoms. The Morgan fingerprint density at radius 2 is 0.345 bits per heavy atom. The standard InChI is InChI=1S/C84H52/c1-5-21-53(22-6-1)71-41-37-57-29-13-17-33-67(57)79(71)63-45-61-46-64(80-68-34-18-14-30-58(68)38-42-72(80)54-23-7-2-8-24-54)51-77-78-52-66(82-70-36-20-16-32-60(70)40-44-74(82)56-27-11-4-12-28-56)48-62-47-65(50-76(84(62)78)75(49-63)83(61)77)81-69-35-19-15-31-59(69)39-43-73(81)55-25-9-3-10-26-55/h1-52H. The summed E-state index contributed by atoms with van der Waals surface area (Å²) >= 11 is 0. The lowest BCUT2D eigenvalue weighted by Crippen LogP contribution is -1.95. The van der Waals surface area contributed by atoms with Gasteiger partial charge in [0.25, 0.3) is 0 Å². The van der Waals surface area contributed by atoms with Crippen molar-refractivity contribution in [2.75, 3.05) is 0 Å². The smallest absolute Gasteiger partial charge is 0.00255 e. The molecule has 0 saturated carbocycles. The molecule has 0 aliphatic carbocycles. The first-order valence-corrected chi connectivity index (χ1v) is 29.2. The zero-order valence-electron chi connectivity index (χ0n) is 46.0. The molecule has 0 nitrogen and oxygen atoms in total.